The molecule has 21 heavy (non-hydrogen) atoms. The summed E-state index contributed by atoms with van der Waals surface area (Å²) in [5.74, 6) is 0. The summed E-state index contributed by atoms with van der Waals surface area (Å²) in [7, 11) is 0. The molecule has 0 unspecified atom stereocenters. The van der Waals surface area contributed by atoms with Crippen molar-refractivity contribution in [3.05, 3.63) is 71.5 Å². The van der Waals surface area contributed by atoms with Gasteiger partial charge < -0.3 is 0 Å². The minimum Gasteiger partial charge on any atom is -0.253 e. The van der Waals surface area contributed by atoms with Crippen LogP contribution in [0.1, 0.15) is 40.5 Å². The lowest BCUT2D eigenvalue weighted by molar-refractivity contribution is 0.641. The van der Waals surface area contributed by atoms with Crippen LogP contribution in [0, 0.1) is 5.41 Å². The SMILES string of the molecule is C/C=C/C=C/C1=NC(/C=C\C2=CC=CCC2)=C(C)C1(C)C. The van der Waals surface area contributed by atoms with E-state index in [0.717, 1.165) is 24.3 Å². The second kappa shape index (κ2) is 6.71. The summed E-state index contributed by atoms with van der Waals surface area (Å²) in [5.41, 5.74) is 4.97. The van der Waals surface area contributed by atoms with E-state index in [1.165, 1.54) is 11.1 Å². The molecule has 0 aromatic heterocycles. The molecule has 0 N–H and O–H groups in total. The summed E-state index contributed by atoms with van der Waals surface area (Å²) in [6, 6.07) is 0. The number of rotatable bonds is 4. The average molecular weight is 279 g/mol. The first-order valence-electron chi connectivity index (χ1n) is 7.69. The molecule has 0 atom stereocenters. The first-order valence-corrected chi connectivity index (χ1v) is 7.69. The van der Waals surface area contributed by atoms with Gasteiger partial charge in [-0.2, -0.15) is 0 Å². The molecule has 1 heteroatoms. The Bertz CT molecular complexity index is 602. The Morgan fingerprint density at radius 3 is 2.62 bits per heavy atom. The van der Waals surface area contributed by atoms with E-state index in [-0.39, 0.29) is 5.41 Å². The maximum atomic E-state index is 4.82. The van der Waals surface area contributed by atoms with Crippen molar-refractivity contribution in [2.75, 3.05) is 0 Å². The van der Waals surface area contributed by atoms with Crippen LogP contribution in [0.4, 0.5) is 0 Å². The Balaban J connectivity index is 2.21. The highest BCUT2D eigenvalue weighted by atomic mass is 14.8. The Kier molecular flexibility index (Phi) is 4.95. The van der Waals surface area contributed by atoms with Crippen molar-refractivity contribution in [1.29, 1.82) is 0 Å². The zero-order valence-corrected chi connectivity index (χ0v) is 13.6. The topological polar surface area (TPSA) is 12.4 Å². The van der Waals surface area contributed by atoms with Gasteiger partial charge in [-0.15, -0.1) is 0 Å². The standard InChI is InChI=1S/C20H25N/c1-5-6-8-13-19-20(3,4)16(2)18(21-19)15-14-17-11-9-7-10-12-17/h5-9,11,13-15H,10,12H2,1-4H3/b6-5+,13-8+,15-14-. The molecule has 0 aromatic rings. The molecule has 0 spiro atoms. The number of aliphatic imine (C=N–C) groups is 1. The third-order valence-electron chi connectivity index (χ3n) is 4.26. The maximum absolute atomic E-state index is 4.82. The molecule has 0 radical (unpaired) electrons. The predicted molar refractivity (Wildman–Crippen MR) is 93.5 cm³/mol. The first kappa shape index (κ1) is 15.5. The molecule has 0 saturated carbocycles. The van der Waals surface area contributed by atoms with Gasteiger partial charge in [-0.05, 0) is 50.0 Å². The van der Waals surface area contributed by atoms with E-state index >= 15 is 0 Å². The largest absolute Gasteiger partial charge is 0.253 e. The molecule has 0 amide bonds. The smallest absolute Gasteiger partial charge is 0.0632 e. The molecule has 0 fully saturated rings. The summed E-state index contributed by atoms with van der Waals surface area (Å²) in [5, 5.41) is 0. The number of nitrogens with zero attached hydrogens (tertiary/aromatic N) is 1. The van der Waals surface area contributed by atoms with E-state index in [1.54, 1.807) is 0 Å². The molecule has 0 aromatic carbocycles. The fraction of sp³-hybridized carbons (Fsp3) is 0.350. The Hall–Kier alpha value is -1.89. The summed E-state index contributed by atoms with van der Waals surface area (Å²) in [4.78, 5) is 4.82. The van der Waals surface area contributed by atoms with Gasteiger partial charge in [0, 0.05) is 5.41 Å². The number of hydrogen-bond acceptors (Lipinski definition) is 1. The highest BCUT2D eigenvalue weighted by molar-refractivity contribution is 6.04. The minimum atomic E-state index is 0.0125. The van der Waals surface area contributed by atoms with Crippen molar-refractivity contribution in [2.24, 2.45) is 10.4 Å². The lowest BCUT2D eigenvalue weighted by Gasteiger charge is -2.20. The highest BCUT2D eigenvalue weighted by Gasteiger charge is 2.32. The second-order valence-corrected chi connectivity index (χ2v) is 6.06. The summed E-state index contributed by atoms with van der Waals surface area (Å²) in [6.07, 6.45) is 21.4. The molecule has 0 bridgehead atoms. The van der Waals surface area contributed by atoms with Gasteiger partial charge in [0.2, 0.25) is 0 Å². The molecule has 1 aliphatic carbocycles. The van der Waals surface area contributed by atoms with Crippen LogP contribution in [0.3, 0.4) is 0 Å². The zero-order valence-electron chi connectivity index (χ0n) is 13.6. The zero-order chi connectivity index (χ0) is 15.3. The molecule has 2 rings (SSSR count). The van der Waals surface area contributed by atoms with Crippen molar-refractivity contribution in [2.45, 2.75) is 40.5 Å². The molecule has 2 aliphatic rings. The molecular weight excluding hydrogens is 254 g/mol. The third kappa shape index (κ3) is 3.60. The van der Waals surface area contributed by atoms with Crippen LogP contribution in [0.25, 0.3) is 0 Å². The van der Waals surface area contributed by atoms with Crippen LogP contribution in [0.2, 0.25) is 0 Å². The van der Waals surface area contributed by atoms with E-state index in [1.807, 2.05) is 19.1 Å². The number of allylic oxidation sites excluding steroid dienone is 11. The van der Waals surface area contributed by atoms with Gasteiger partial charge in [-0.1, -0.05) is 56.4 Å². The van der Waals surface area contributed by atoms with Crippen LogP contribution < -0.4 is 0 Å². The van der Waals surface area contributed by atoms with Crippen molar-refractivity contribution in [3.8, 4) is 0 Å². The fourth-order valence-corrected chi connectivity index (χ4v) is 2.48. The summed E-state index contributed by atoms with van der Waals surface area (Å²) in [6.45, 7) is 8.69. The van der Waals surface area contributed by atoms with Crippen molar-refractivity contribution in [1.82, 2.24) is 0 Å². The van der Waals surface area contributed by atoms with Crippen molar-refractivity contribution >= 4 is 5.71 Å². The summed E-state index contributed by atoms with van der Waals surface area (Å²) >= 11 is 0. The molecular formula is C20H25N. The van der Waals surface area contributed by atoms with Gasteiger partial charge in [-0.25, -0.2) is 0 Å². The van der Waals surface area contributed by atoms with Crippen LogP contribution >= 0.6 is 0 Å². The highest BCUT2D eigenvalue weighted by Crippen LogP contribution is 2.38. The fourth-order valence-electron chi connectivity index (χ4n) is 2.48. The monoisotopic (exact) mass is 279 g/mol. The average Bonchev–Trinajstić information content (AvgIpc) is 2.70. The molecule has 1 heterocycles. The van der Waals surface area contributed by atoms with Crippen LogP contribution in [-0.4, -0.2) is 5.71 Å². The maximum Gasteiger partial charge on any atom is 0.0632 e. The number of hydrogen-bond donors (Lipinski definition) is 0. The van der Waals surface area contributed by atoms with Crippen molar-refractivity contribution in [3.63, 3.8) is 0 Å². The van der Waals surface area contributed by atoms with Crippen LogP contribution in [-0.2, 0) is 0 Å². The van der Waals surface area contributed by atoms with Gasteiger partial charge in [0.25, 0.3) is 0 Å². The van der Waals surface area contributed by atoms with Crippen LogP contribution in [0.15, 0.2) is 76.5 Å². The van der Waals surface area contributed by atoms with Gasteiger partial charge in [-0.3, -0.25) is 4.99 Å². The lowest BCUT2D eigenvalue weighted by Crippen LogP contribution is -2.20. The second-order valence-electron chi connectivity index (χ2n) is 6.06. The quantitative estimate of drug-likeness (QED) is 0.585. The van der Waals surface area contributed by atoms with E-state index in [0.29, 0.717) is 0 Å². The third-order valence-corrected chi connectivity index (χ3v) is 4.26. The van der Waals surface area contributed by atoms with Crippen LogP contribution in [0.5, 0.6) is 0 Å². The predicted octanol–water partition coefficient (Wildman–Crippen LogP) is 5.71. The molecule has 110 valence electrons. The summed E-state index contributed by atoms with van der Waals surface area (Å²) < 4.78 is 0. The van der Waals surface area contributed by atoms with E-state index in [2.05, 4.69) is 63.3 Å². The van der Waals surface area contributed by atoms with E-state index in [4.69, 9.17) is 4.99 Å². The normalized spacial score (nSPS) is 21.9. The van der Waals surface area contributed by atoms with E-state index < -0.39 is 0 Å². The molecule has 0 saturated heterocycles. The van der Waals surface area contributed by atoms with Gasteiger partial charge in [0.1, 0.15) is 0 Å². The Morgan fingerprint density at radius 2 is 1.95 bits per heavy atom. The first-order chi connectivity index (χ1) is 10.1. The van der Waals surface area contributed by atoms with Gasteiger partial charge in [0.15, 0.2) is 0 Å². The minimum absolute atomic E-state index is 0.0125. The lowest BCUT2D eigenvalue weighted by atomic mass is 9.81. The molecule has 1 nitrogen and oxygen atoms in total. The van der Waals surface area contributed by atoms with E-state index in [9.17, 15) is 0 Å². The Morgan fingerprint density at radius 1 is 1.14 bits per heavy atom. The molecule has 1 aliphatic heterocycles. The van der Waals surface area contributed by atoms with Gasteiger partial charge in [0.05, 0.1) is 11.4 Å². The van der Waals surface area contributed by atoms with Crippen molar-refractivity contribution < 1.29 is 0 Å². The van der Waals surface area contributed by atoms with Gasteiger partial charge >= 0.3 is 0 Å². The Labute approximate surface area is 128 Å².